The molecule has 3 heterocycles. The molecule has 202 valence electrons. The van der Waals surface area contributed by atoms with Gasteiger partial charge in [0.2, 0.25) is 11.8 Å². The Bertz CT molecular complexity index is 1030. The fourth-order valence-electron chi connectivity index (χ4n) is 4.38. The van der Waals surface area contributed by atoms with Gasteiger partial charge in [0.1, 0.15) is 36.6 Å². The Kier molecular flexibility index (Phi) is 9.35. The first kappa shape index (κ1) is 27.9. The van der Waals surface area contributed by atoms with Crippen LogP contribution in [0.25, 0.3) is 0 Å². The Morgan fingerprint density at radius 1 is 1.03 bits per heavy atom. The number of rotatable bonds is 9. The zero-order valence-electron chi connectivity index (χ0n) is 19.5. The van der Waals surface area contributed by atoms with Crippen molar-refractivity contribution in [2.24, 2.45) is 0 Å². The SMILES string of the molecule is CC(=O)N[C@@H]1[C@@H](O)[C@H](O)[C@@H](CO)O[C@@H]1CCCC(=O)NC[C@H]1O[C@@H](n2ccc(=O)[nH]c2=O)[C@H](O)[C@@H]1O. The fraction of sp³-hybridized carbons (Fsp3) is 0.714. The first-order valence-corrected chi connectivity index (χ1v) is 11.5. The second-order valence-corrected chi connectivity index (χ2v) is 8.86. The minimum Gasteiger partial charge on any atom is -0.394 e. The molecule has 8 N–H and O–H groups in total. The Hall–Kier alpha value is -2.66. The van der Waals surface area contributed by atoms with Gasteiger partial charge < -0.3 is 45.6 Å². The highest BCUT2D eigenvalue weighted by molar-refractivity contribution is 5.75. The van der Waals surface area contributed by atoms with Crippen molar-refractivity contribution in [3.63, 3.8) is 0 Å². The predicted octanol–water partition coefficient (Wildman–Crippen LogP) is -4.57. The smallest absolute Gasteiger partial charge is 0.330 e. The van der Waals surface area contributed by atoms with Crippen LogP contribution < -0.4 is 21.9 Å². The molecule has 3 rings (SSSR count). The van der Waals surface area contributed by atoms with E-state index in [9.17, 15) is 44.7 Å². The number of hydrogen-bond donors (Lipinski definition) is 8. The third kappa shape index (κ3) is 6.36. The number of nitrogens with one attached hydrogen (secondary N) is 3. The zero-order chi connectivity index (χ0) is 26.6. The van der Waals surface area contributed by atoms with Gasteiger partial charge in [0.05, 0.1) is 18.8 Å². The number of amides is 2. The molecule has 2 aliphatic heterocycles. The minimum absolute atomic E-state index is 0.00324. The predicted molar refractivity (Wildman–Crippen MR) is 119 cm³/mol. The summed E-state index contributed by atoms with van der Waals surface area (Å²) in [7, 11) is 0. The Labute approximate surface area is 204 Å². The number of aromatic nitrogens is 2. The number of aliphatic hydroxyl groups excluding tert-OH is 5. The van der Waals surface area contributed by atoms with Crippen LogP contribution in [-0.4, -0.2) is 109 Å². The van der Waals surface area contributed by atoms with E-state index in [2.05, 4.69) is 10.6 Å². The molecule has 0 spiro atoms. The van der Waals surface area contributed by atoms with Crippen LogP contribution in [0.15, 0.2) is 21.9 Å². The molecule has 15 heteroatoms. The molecule has 2 saturated heterocycles. The van der Waals surface area contributed by atoms with Crippen molar-refractivity contribution in [3.05, 3.63) is 33.1 Å². The number of carbonyl (C=O) groups excluding carboxylic acids is 2. The van der Waals surface area contributed by atoms with Crippen molar-refractivity contribution in [1.29, 1.82) is 0 Å². The number of nitrogens with zero attached hydrogens (tertiary/aromatic N) is 1. The van der Waals surface area contributed by atoms with Gasteiger partial charge in [0.15, 0.2) is 6.23 Å². The van der Waals surface area contributed by atoms with Crippen LogP contribution >= 0.6 is 0 Å². The molecular weight excluding hydrogens is 484 g/mol. The molecular formula is C21H32N4O11. The van der Waals surface area contributed by atoms with Crippen molar-refractivity contribution in [1.82, 2.24) is 20.2 Å². The van der Waals surface area contributed by atoms with Crippen LogP contribution in [0.1, 0.15) is 32.4 Å². The highest BCUT2D eigenvalue weighted by Gasteiger charge is 2.45. The van der Waals surface area contributed by atoms with Crippen molar-refractivity contribution in [2.45, 2.75) is 81.2 Å². The van der Waals surface area contributed by atoms with Gasteiger partial charge in [0, 0.05) is 32.2 Å². The van der Waals surface area contributed by atoms with Gasteiger partial charge in [0.25, 0.3) is 5.56 Å². The standard InChI is InChI=1S/C21H32N4O11/c1-9(27)23-15-10(35-12(8-26)17(31)18(15)32)3-2-4-13(28)22-7-11-16(30)19(33)20(36-11)25-6-5-14(29)24-21(25)34/h5-6,10-12,15-20,26,30-33H,2-4,7-8H2,1H3,(H,22,28)(H,23,27)(H,24,29,34)/t10-,11-,12-,15+,16-,17-,18-,19-,20-/m1/s1. The van der Waals surface area contributed by atoms with Gasteiger partial charge in [-0.15, -0.1) is 0 Å². The molecule has 0 bridgehead atoms. The molecule has 1 aromatic rings. The van der Waals surface area contributed by atoms with Crippen molar-refractivity contribution >= 4 is 11.8 Å². The van der Waals surface area contributed by atoms with Crippen LogP contribution in [0.3, 0.4) is 0 Å². The lowest BCUT2D eigenvalue weighted by molar-refractivity contribution is -0.196. The quantitative estimate of drug-likeness (QED) is 0.156. The van der Waals surface area contributed by atoms with E-state index in [4.69, 9.17) is 9.47 Å². The van der Waals surface area contributed by atoms with Gasteiger partial charge in [-0.1, -0.05) is 0 Å². The highest BCUT2D eigenvalue weighted by atomic mass is 16.6. The van der Waals surface area contributed by atoms with Crippen molar-refractivity contribution < 1.29 is 44.6 Å². The summed E-state index contributed by atoms with van der Waals surface area (Å²) in [5.74, 6) is -0.865. The number of H-pyrrole nitrogens is 1. The fourth-order valence-corrected chi connectivity index (χ4v) is 4.38. The van der Waals surface area contributed by atoms with E-state index in [-0.39, 0.29) is 25.8 Å². The van der Waals surface area contributed by atoms with Crippen LogP contribution in [0.2, 0.25) is 0 Å². The lowest BCUT2D eigenvalue weighted by Gasteiger charge is -2.42. The number of hydrogen-bond acceptors (Lipinski definition) is 11. The van der Waals surface area contributed by atoms with Gasteiger partial charge >= 0.3 is 5.69 Å². The van der Waals surface area contributed by atoms with Gasteiger partial charge in [-0.05, 0) is 12.8 Å². The number of aliphatic hydroxyl groups is 5. The molecule has 2 fully saturated rings. The molecule has 9 atom stereocenters. The summed E-state index contributed by atoms with van der Waals surface area (Å²) in [6.07, 6.45) is -8.13. The molecule has 0 aliphatic carbocycles. The van der Waals surface area contributed by atoms with E-state index in [1.807, 2.05) is 4.98 Å². The normalized spacial score (nSPS) is 34.3. The summed E-state index contributed by atoms with van der Waals surface area (Å²) in [6.45, 7) is 0.539. The van der Waals surface area contributed by atoms with Crippen LogP contribution in [0.5, 0.6) is 0 Å². The second kappa shape index (κ2) is 12.1. The molecule has 0 saturated carbocycles. The average molecular weight is 517 g/mol. The summed E-state index contributed by atoms with van der Waals surface area (Å²) in [4.78, 5) is 49.0. The maximum absolute atomic E-state index is 12.3. The number of ether oxygens (including phenoxy) is 2. The summed E-state index contributed by atoms with van der Waals surface area (Å²) in [6, 6.07) is 0.133. The number of aromatic amines is 1. The molecule has 0 radical (unpaired) electrons. The van der Waals surface area contributed by atoms with Gasteiger partial charge in [-0.25, -0.2) is 4.79 Å². The summed E-state index contributed by atoms with van der Waals surface area (Å²) >= 11 is 0. The third-order valence-corrected chi connectivity index (χ3v) is 6.25. The largest absolute Gasteiger partial charge is 0.394 e. The third-order valence-electron chi connectivity index (χ3n) is 6.25. The molecule has 2 aliphatic rings. The van der Waals surface area contributed by atoms with E-state index < -0.39 is 84.7 Å². The van der Waals surface area contributed by atoms with E-state index in [1.54, 1.807) is 0 Å². The first-order chi connectivity index (χ1) is 17.0. The average Bonchev–Trinajstić information content (AvgIpc) is 3.10. The Balaban J connectivity index is 1.50. The molecule has 2 amide bonds. The zero-order valence-corrected chi connectivity index (χ0v) is 19.5. The van der Waals surface area contributed by atoms with E-state index in [0.29, 0.717) is 0 Å². The van der Waals surface area contributed by atoms with Crippen LogP contribution in [0.4, 0.5) is 0 Å². The number of carbonyl (C=O) groups is 2. The van der Waals surface area contributed by atoms with Crippen LogP contribution in [0, 0.1) is 0 Å². The summed E-state index contributed by atoms with van der Waals surface area (Å²) < 4.78 is 12.1. The molecule has 0 unspecified atom stereocenters. The lowest BCUT2D eigenvalue weighted by atomic mass is 9.90. The summed E-state index contributed by atoms with van der Waals surface area (Å²) in [5, 5.41) is 55.4. The van der Waals surface area contributed by atoms with E-state index in [1.165, 1.54) is 6.92 Å². The van der Waals surface area contributed by atoms with Crippen molar-refractivity contribution in [2.75, 3.05) is 13.2 Å². The van der Waals surface area contributed by atoms with Gasteiger partial charge in [-0.2, -0.15) is 0 Å². The molecule has 1 aromatic heterocycles. The molecule has 15 nitrogen and oxygen atoms in total. The van der Waals surface area contributed by atoms with E-state index in [0.717, 1.165) is 16.8 Å². The topological polar surface area (TPSA) is 233 Å². The van der Waals surface area contributed by atoms with Gasteiger partial charge in [-0.3, -0.25) is 23.9 Å². The maximum atomic E-state index is 12.3. The molecule has 36 heavy (non-hydrogen) atoms. The monoisotopic (exact) mass is 516 g/mol. The Morgan fingerprint density at radius 2 is 1.72 bits per heavy atom. The highest BCUT2D eigenvalue weighted by Crippen LogP contribution is 2.28. The lowest BCUT2D eigenvalue weighted by Crippen LogP contribution is -2.63. The van der Waals surface area contributed by atoms with Crippen LogP contribution in [-0.2, 0) is 19.1 Å². The summed E-state index contributed by atoms with van der Waals surface area (Å²) in [5.41, 5.74) is -1.46. The second-order valence-electron chi connectivity index (χ2n) is 8.86. The Morgan fingerprint density at radius 3 is 2.36 bits per heavy atom. The maximum Gasteiger partial charge on any atom is 0.330 e. The minimum atomic E-state index is -1.48. The first-order valence-electron chi connectivity index (χ1n) is 11.5. The molecule has 0 aromatic carbocycles. The van der Waals surface area contributed by atoms with Crippen molar-refractivity contribution in [3.8, 4) is 0 Å². The van der Waals surface area contributed by atoms with E-state index >= 15 is 0 Å².